The molecule has 0 aliphatic heterocycles. The third-order valence-electron chi connectivity index (χ3n) is 24.1. The number of fused-ring (bicyclic) bond motifs is 12. The highest BCUT2D eigenvalue weighted by Crippen LogP contribution is 2.48. The Bertz CT molecular complexity index is 7510. The van der Waals surface area contributed by atoms with Gasteiger partial charge in [-0.15, -0.1) is 0 Å². The van der Waals surface area contributed by atoms with Crippen molar-refractivity contribution in [3.8, 4) is 100 Å². The van der Waals surface area contributed by atoms with Gasteiger partial charge in [-0.05, 0) is 308 Å². The van der Waals surface area contributed by atoms with Gasteiger partial charge in [0.25, 0.3) is 0 Å². The first-order chi connectivity index (χ1) is 58.4. The smallest absolute Gasteiger partial charge is 0.0473 e. The number of hydrogen-bond donors (Lipinski definition) is 0. The van der Waals surface area contributed by atoms with Crippen LogP contribution < -0.4 is 9.80 Å². The zero-order valence-corrected chi connectivity index (χ0v) is 64.8. The Kier molecular flexibility index (Phi) is 17.3. The lowest BCUT2D eigenvalue weighted by Gasteiger charge is -2.28. The zero-order valence-electron chi connectivity index (χ0n) is 64.8. The zero-order chi connectivity index (χ0) is 78.0. The standard InChI is InChI=1S/C116H76N2/c1-3-20-77(21-4-1)79-48-56-102(57-49-79)118(105-33-19-30-87(74-105)90-54-62-115-94(66-90)46-42-83-26-9-13-36-109(83)115)106-75-98(91-55-63-116-95(67-91)47-43-84-27-10-14-37-110(84)116)71-100(76-106)112-39-16-15-38-111(112)99-69-96(78-22-5-2-6-23-78)68-97(70-99)80-50-58-101(59-51-80)117(103-31-17-28-85(72-103)88-52-60-113-92(64-88)44-40-81-24-7-11-34-107(81)113)104-32-18-29-86(73-104)89-53-61-114-93(65-89)45-41-82-25-8-12-35-108(82)114/h1-76H. The molecule has 550 valence electrons. The fourth-order valence-electron chi connectivity index (χ4n) is 18.2. The van der Waals surface area contributed by atoms with Crippen molar-refractivity contribution in [2.24, 2.45) is 0 Å². The normalized spacial score (nSPS) is 11.6. The predicted octanol–water partition coefficient (Wildman–Crippen LogP) is 32.9. The van der Waals surface area contributed by atoms with Crippen LogP contribution in [0.4, 0.5) is 34.1 Å². The van der Waals surface area contributed by atoms with Crippen molar-refractivity contribution in [2.75, 3.05) is 9.80 Å². The Balaban J connectivity index is 0.686. The molecule has 0 aromatic heterocycles. The molecule has 0 atom stereocenters. The van der Waals surface area contributed by atoms with Crippen molar-refractivity contribution in [3.63, 3.8) is 0 Å². The molecule has 118 heavy (non-hydrogen) atoms. The van der Waals surface area contributed by atoms with E-state index in [1.807, 2.05) is 0 Å². The lowest BCUT2D eigenvalue weighted by Crippen LogP contribution is -2.10. The van der Waals surface area contributed by atoms with E-state index in [9.17, 15) is 0 Å². The van der Waals surface area contributed by atoms with Crippen molar-refractivity contribution in [1.29, 1.82) is 0 Å². The Morgan fingerprint density at radius 2 is 0.331 bits per heavy atom. The van der Waals surface area contributed by atoms with Crippen molar-refractivity contribution < 1.29 is 0 Å². The van der Waals surface area contributed by atoms with E-state index in [1.54, 1.807) is 0 Å². The summed E-state index contributed by atoms with van der Waals surface area (Å²) in [6, 6.07) is 171. The van der Waals surface area contributed by atoms with Gasteiger partial charge in [0, 0.05) is 34.1 Å². The van der Waals surface area contributed by atoms with Gasteiger partial charge < -0.3 is 9.80 Å². The van der Waals surface area contributed by atoms with Gasteiger partial charge in [0.2, 0.25) is 0 Å². The van der Waals surface area contributed by atoms with Gasteiger partial charge in [-0.25, -0.2) is 0 Å². The van der Waals surface area contributed by atoms with Crippen molar-refractivity contribution in [2.45, 2.75) is 0 Å². The second-order valence-corrected chi connectivity index (χ2v) is 31.2. The highest BCUT2D eigenvalue weighted by molar-refractivity contribution is 6.12. The van der Waals surface area contributed by atoms with Crippen molar-refractivity contribution in [1.82, 2.24) is 0 Å². The van der Waals surface area contributed by atoms with Crippen LogP contribution in [0.1, 0.15) is 0 Å². The van der Waals surface area contributed by atoms with E-state index in [0.29, 0.717) is 0 Å². The summed E-state index contributed by atoms with van der Waals surface area (Å²) in [6.45, 7) is 0. The van der Waals surface area contributed by atoms with Crippen LogP contribution in [-0.2, 0) is 0 Å². The second-order valence-electron chi connectivity index (χ2n) is 31.2. The summed E-state index contributed by atoms with van der Waals surface area (Å²) in [4.78, 5) is 4.88. The summed E-state index contributed by atoms with van der Waals surface area (Å²) >= 11 is 0. The van der Waals surface area contributed by atoms with Crippen molar-refractivity contribution >= 4 is 120 Å². The lowest BCUT2D eigenvalue weighted by molar-refractivity contribution is 1.28. The molecule has 0 saturated carbocycles. The molecule has 0 spiro atoms. The third kappa shape index (κ3) is 12.9. The largest absolute Gasteiger partial charge is 0.310 e. The molecular formula is C116H76N2. The minimum atomic E-state index is 1.03. The van der Waals surface area contributed by atoms with Crippen LogP contribution in [0.3, 0.4) is 0 Å². The first-order valence-corrected chi connectivity index (χ1v) is 40.7. The van der Waals surface area contributed by atoms with Gasteiger partial charge in [0.15, 0.2) is 0 Å². The van der Waals surface area contributed by atoms with Crippen LogP contribution in [0.2, 0.25) is 0 Å². The molecule has 2 heteroatoms. The minimum absolute atomic E-state index is 1.03. The van der Waals surface area contributed by atoms with Crippen LogP contribution in [0, 0.1) is 0 Å². The summed E-state index contributed by atoms with van der Waals surface area (Å²) in [5, 5.41) is 19.8. The average molecular weight is 1500 g/mol. The monoisotopic (exact) mass is 1500 g/mol. The lowest BCUT2D eigenvalue weighted by atomic mass is 9.88. The molecule has 0 unspecified atom stereocenters. The molecular weight excluding hydrogens is 1420 g/mol. The number of benzene rings is 22. The van der Waals surface area contributed by atoms with Crippen LogP contribution in [0.5, 0.6) is 0 Å². The Hall–Kier alpha value is -15.5. The van der Waals surface area contributed by atoms with E-state index in [-0.39, 0.29) is 0 Å². The molecule has 0 bridgehead atoms. The number of hydrogen-bond acceptors (Lipinski definition) is 2. The molecule has 0 amide bonds. The molecule has 0 fully saturated rings. The molecule has 22 aromatic carbocycles. The maximum absolute atomic E-state index is 2.46. The Morgan fingerprint density at radius 1 is 0.102 bits per heavy atom. The van der Waals surface area contributed by atoms with Gasteiger partial charge in [0.05, 0.1) is 0 Å². The van der Waals surface area contributed by atoms with Gasteiger partial charge in [0.1, 0.15) is 0 Å². The van der Waals surface area contributed by atoms with Gasteiger partial charge in [-0.3, -0.25) is 0 Å². The number of anilines is 6. The first-order valence-electron chi connectivity index (χ1n) is 40.7. The molecule has 0 saturated heterocycles. The summed E-state index contributed by atoms with van der Waals surface area (Å²) in [5.74, 6) is 0. The summed E-state index contributed by atoms with van der Waals surface area (Å²) in [6.07, 6.45) is 0. The highest BCUT2D eigenvalue weighted by atomic mass is 15.1. The van der Waals surface area contributed by atoms with E-state index in [2.05, 4.69) is 471 Å². The molecule has 0 aliphatic rings. The van der Waals surface area contributed by atoms with Gasteiger partial charge in [-0.2, -0.15) is 0 Å². The average Bonchev–Trinajstić information content (AvgIpc) is 0.762. The number of rotatable bonds is 15. The second kappa shape index (κ2) is 29.5. The predicted molar refractivity (Wildman–Crippen MR) is 505 cm³/mol. The molecule has 0 N–H and O–H groups in total. The fraction of sp³-hybridized carbons (Fsp3) is 0. The topological polar surface area (TPSA) is 6.48 Å². The summed E-state index contributed by atoms with van der Waals surface area (Å²) in [7, 11) is 0. The van der Waals surface area contributed by atoms with Crippen LogP contribution in [0.15, 0.2) is 461 Å². The number of nitrogens with zero attached hydrogens (tertiary/aromatic N) is 2. The van der Waals surface area contributed by atoms with Gasteiger partial charge in [-0.1, -0.05) is 340 Å². The van der Waals surface area contributed by atoms with Crippen LogP contribution in [-0.4, -0.2) is 0 Å². The summed E-state index contributed by atoms with van der Waals surface area (Å²) < 4.78 is 0. The Labute approximate surface area is 686 Å². The molecule has 22 rings (SSSR count). The van der Waals surface area contributed by atoms with E-state index < -0.39 is 0 Å². The van der Waals surface area contributed by atoms with Crippen LogP contribution >= 0.6 is 0 Å². The van der Waals surface area contributed by atoms with E-state index in [1.165, 1.54) is 103 Å². The SMILES string of the molecule is c1ccc(-c2ccc(N(c3cccc(-c4ccc5c(ccc6ccccc65)c4)c3)c3cc(-c4ccc5c(ccc6ccccc65)c4)cc(-c4ccccc4-c4cc(-c5ccccc5)cc(-c5ccc(N(c6cccc(-c7ccc8c(ccc9ccccc98)c7)c6)c6cccc(-c7ccc8c(ccc9ccccc98)c7)c6)cc5)c4)c3)cc2)cc1. The molecule has 0 aliphatic carbocycles. The van der Waals surface area contributed by atoms with Crippen LogP contribution in [0.25, 0.3) is 186 Å². The molecule has 2 nitrogen and oxygen atoms in total. The fourth-order valence-corrected chi connectivity index (χ4v) is 18.2. The summed E-state index contributed by atoms with van der Waals surface area (Å²) in [5.41, 5.74) is 26.7. The third-order valence-corrected chi connectivity index (χ3v) is 24.1. The molecule has 0 heterocycles. The van der Waals surface area contributed by atoms with Crippen molar-refractivity contribution in [3.05, 3.63) is 461 Å². The molecule has 22 aromatic rings. The Morgan fingerprint density at radius 3 is 0.712 bits per heavy atom. The van der Waals surface area contributed by atoms with E-state index in [0.717, 1.165) is 118 Å². The maximum Gasteiger partial charge on any atom is 0.0473 e. The first kappa shape index (κ1) is 69.3. The maximum atomic E-state index is 2.46. The minimum Gasteiger partial charge on any atom is -0.310 e. The highest BCUT2D eigenvalue weighted by Gasteiger charge is 2.23. The van der Waals surface area contributed by atoms with E-state index >= 15 is 0 Å². The van der Waals surface area contributed by atoms with E-state index in [4.69, 9.17) is 0 Å². The van der Waals surface area contributed by atoms with Gasteiger partial charge >= 0.3 is 0 Å². The molecule has 0 radical (unpaired) electrons. The quantitative estimate of drug-likeness (QED) is 0.0944.